The first-order valence-corrected chi connectivity index (χ1v) is 15.1. The molecule has 3 aliphatic rings. The third-order valence-electron chi connectivity index (χ3n) is 8.10. The van der Waals surface area contributed by atoms with E-state index in [4.69, 9.17) is 6.42 Å². The Morgan fingerprint density at radius 3 is 2.40 bits per heavy atom. The summed E-state index contributed by atoms with van der Waals surface area (Å²) in [6.07, 6.45) is 3.25. The number of carbonyl (C=O) groups is 2. The Bertz CT molecular complexity index is 1560. The number of nitrogens with one attached hydrogen (secondary N) is 1. The standard InChI is InChI=1S/C29H28F5N3O4S/c1-3-17-11-24(26(38)35-25(18-7-8-18)22-10-9-21(13-23(22)30)29(32,33)34)37(14-17)27(39)19-5-4-6-20(12-19)28(31)15-36(16-28)42(2,40)41/h1,4-6,9-10,12-13,17-18,24-25H,7-8,11,14-16H2,2H3,(H,35,38)/t17-,24-,25-/m1/s1. The fraction of sp³-hybridized carbons (Fsp3) is 0.448. The van der Waals surface area contributed by atoms with Gasteiger partial charge in [0.25, 0.3) is 5.91 Å². The second kappa shape index (κ2) is 10.6. The Kier molecular flexibility index (Phi) is 7.60. The number of hydrogen-bond donors (Lipinski definition) is 1. The van der Waals surface area contributed by atoms with Crippen molar-refractivity contribution in [2.75, 3.05) is 25.9 Å². The van der Waals surface area contributed by atoms with E-state index in [0.717, 1.165) is 22.7 Å². The van der Waals surface area contributed by atoms with Crippen molar-refractivity contribution in [2.24, 2.45) is 11.8 Å². The highest BCUT2D eigenvalue weighted by atomic mass is 32.2. The summed E-state index contributed by atoms with van der Waals surface area (Å²) >= 11 is 0. The van der Waals surface area contributed by atoms with Crippen LogP contribution < -0.4 is 5.32 Å². The lowest BCUT2D eigenvalue weighted by atomic mass is 9.89. The summed E-state index contributed by atoms with van der Waals surface area (Å²) in [7, 11) is -3.57. The second-order valence-corrected chi connectivity index (χ2v) is 13.2. The highest BCUT2D eigenvalue weighted by Gasteiger charge is 2.49. The monoisotopic (exact) mass is 609 g/mol. The molecule has 1 saturated carbocycles. The van der Waals surface area contributed by atoms with E-state index in [2.05, 4.69) is 11.2 Å². The molecular weight excluding hydrogens is 581 g/mol. The lowest BCUT2D eigenvalue weighted by molar-refractivity contribution is -0.137. The number of alkyl halides is 4. The summed E-state index contributed by atoms with van der Waals surface area (Å²) in [5.41, 5.74) is -3.00. The summed E-state index contributed by atoms with van der Waals surface area (Å²) in [5, 5.41) is 2.74. The van der Waals surface area contributed by atoms with Crippen molar-refractivity contribution < 1.29 is 40.0 Å². The SMILES string of the molecule is C#C[C@@H]1C[C@H](C(=O)N[C@@H](c2ccc(C(F)(F)F)cc2F)C2CC2)N(C(=O)c2cccc(C3(F)CN(S(C)(=O)=O)C3)c2)C1. The average molecular weight is 610 g/mol. The summed E-state index contributed by atoms with van der Waals surface area (Å²) in [5.74, 6) is -0.425. The van der Waals surface area contributed by atoms with Crippen molar-refractivity contribution in [3.05, 3.63) is 70.5 Å². The van der Waals surface area contributed by atoms with E-state index in [1.54, 1.807) is 0 Å². The van der Waals surface area contributed by atoms with Gasteiger partial charge in [0.05, 0.1) is 31.0 Å². The number of sulfonamides is 1. The number of carbonyl (C=O) groups excluding carboxylic acids is 2. The van der Waals surface area contributed by atoms with Gasteiger partial charge in [0.2, 0.25) is 15.9 Å². The first kappa shape index (κ1) is 30.0. The maximum Gasteiger partial charge on any atom is 0.416 e. The Morgan fingerprint density at radius 1 is 1.14 bits per heavy atom. The Morgan fingerprint density at radius 2 is 1.83 bits per heavy atom. The van der Waals surface area contributed by atoms with Crippen molar-refractivity contribution in [1.82, 2.24) is 14.5 Å². The predicted molar refractivity (Wildman–Crippen MR) is 142 cm³/mol. The third kappa shape index (κ3) is 5.87. The maximum absolute atomic E-state index is 15.5. The molecule has 2 aromatic rings. The number of terminal acetylenes is 1. The van der Waals surface area contributed by atoms with Gasteiger partial charge in [-0.25, -0.2) is 17.2 Å². The van der Waals surface area contributed by atoms with Crippen molar-refractivity contribution in [3.8, 4) is 12.3 Å². The van der Waals surface area contributed by atoms with Crippen molar-refractivity contribution in [3.63, 3.8) is 0 Å². The normalized spacial score (nSPS) is 23.1. The minimum atomic E-state index is -4.72. The molecule has 0 spiro atoms. The number of halogens is 5. The van der Waals surface area contributed by atoms with Crippen molar-refractivity contribution in [2.45, 2.75) is 43.2 Å². The predicted octanol–water partition coefficient (Wildman–Crippen LogP) is 4.02. The van der Waals surface area contributed by atoms with Crippen molar-refractivity contribution >= 4 is 21.8 Å². The summed E-state index contributed by atoms with van der Waals surface area (Å²) in [6.45, 7) is -0.746. The number of benzene rings is 2. The molecule has 224 valence electrons. The molecule has 3 atom stereocenters. The van der Waals surface area contributed by atoms with Gasteiger partial charge in [-0.05, 0) is 55.0 Å². The molecule has 3 fully saturated rings. The van der Waals surface area contributed by atoms with Crippen LogP contribution in [0.5, 0.6) is 0 Å². The molecule has 0 radical (unpaired) electrons. The van der Waals surface area contributed by atoms with E-state index < -0.39 is 63.1 Å². The zero-order valence-corrected chi connectivity index (χ0v) is 23.3. The fourth-order valence-electron chi connectivity index (χ4n) is 5.54. The van der Waals surface area contributed by atoms with Gasteiger partial charge >= 0.3 is 6.18 Å². The second-order valence-electron chi connectivity index (χ2n) is 11.2. The molecule has 2 amide bonds. The lowest BCUT2D eigenvalue weighted by Crippen LogP contribution is -2.58. The van der Waals surface area contributed by atoms with Crippen LogP contribution in [-0.2, 0) is 26.7 Å². The van der Waals surface area contributed by atoms with E-state index in [-0.39, 0.29) is 48.7 Å². The molecule has 7 nitrogen and oxygen atoms in total. The quantitative estimate of drug-likeness (QED) is 0.380. The zero-order chi connectivity index (χ0) is 30.6. The van der Waals surface area contributed by atoms with Gasteiger partial charge < -0.3 is 10.2 Å². The minimum absolute atomic E-state index is 0.0308. The molecule has 2 aromatic carbocycles. The van der Waals surface area contributed by atoms with Gasteiger partial charge in [-0.15, -0.1) is 12.3 Å². The highest BCUT2D eigenvalue weighted by molar-refractivity contribution is 7.88. The van der Waals surface area contributed by atoms with Gasteiger partial charge in [-0.2, -0.15) is 17.5 Å². The van der Waals surface area contributed by atoms with E-state index >= 15 is 4.39 Å². The van der Waals surface area contributed by atoms with Crippen LogP contribution in [0.25, 0.3) is 0 Å². The number of nitrogens with zero attached hydrogens (tertiary/aromatic N) is 2. The first-order valence-electron chi connectivity index (χ1n) is 13.3. The fourth-order valence-corrected chi connectivity index (χ4v) is 6.42. The van der Waals surface area contributed by atoms with E-state index in [1.165, 1.54) is 29.2 Å². The summed E-state index contributed by atoms with van der Waals surface area (Å²) < 4.78 is 93.9. The molecule has 13 heteroatoms. The van der Waals surface area contributed by atoms with Crippen LogP contribution in [0.2, 0.25) is 0 Å². The average Bonchev–Trinajstić information content (AvgIpc) is 3.66. The van der Waals surface area contributed by atoms with Gasteiger partial charge in [0.1, 0.15) is 11.9 Å². The Hall–Kier alpha value is -3.50. The molecule has 42 heavy (non-hydrogen) atoms. The molecule has 0 aromatic heterocycles. The minimum Gasteiger partial charge on any atom is -0.347 e. The van der Waals surface area contributed by atoms with E-state index in [9.17, 15) is 35.6 Å². The Balaban J connectivity index is 1.36. The van der Waals surface area contributed by atoms with Gasteiger partial charge in [0, 0.05) is 23.6 Å². The van der Waals surface area contributed by atoms with Crippen LogP contribution in [0.15, 0.2) is 42.5 Å². The molecule has 2 heterocycles. The first-order chi connectivity index (χ1) is 19.6. The van der Waals surface area contributed by atoms with E-state index in [1.807, 2.05) is 0 Å². The lowest BCUT2D eigenvalue weighted by Gasteiger charge is -2.43. The van der Waals surface area contributed by atoms with E-state index in [0.29, 0.717) is 18.9 Å². The van der Waals surface area contributed by atoms with Gasteiger partial charge in [0.15, 0.2) is 5.67 Å². The summed E-state index contributed by atoms with van der Waals surface area (Å²) in [6, 6.07) is 5.93. The number of rotatable bonds is 7. The van der Waals surface area contributed by atoms with Gasteiger partial charge in [-0.3, -0.25) is 9.59 Å². The zero-order valence-electron chi connectivity index (χ0n) is 22.5. The Labute approximate surface area is 240 Å². The third-order valence-corrected chi connectivity index (χ3v) is 9.30. The molecular formula is C29H28F5N3O4S. The van der Waals surface area contributed by atoms with Gasteiger partial charge in [-0.1, -0.05) is 18.2 Å². The smallest absolute Gasteiger partial charge is 0.347 e. The molecule has 2 aliphatic heterocycles. The number of amides is 2. The molecule has 1 N–H and O–H groups in total. The molecule has 1 aliphatic carbocycles. The number of hydrogen-bond acceptors (Lipinski definition) is 4. The maximum atomic E-state index is 15.5. The van der Waals surface area contributed by atoms with Crippen LogP contribution in [0, 0.1) is 30.0 Å². The van der Waals surface area contributed by atoms with Crippen molar-refractivity contribution in [1.29, 1.82) is 0 Å². The molecule has 2 saturated heterocycles. The summed E-state index contributed by atoms with van der Waals surface area (Å²) in [4.78, 5) is 28.4. The van der Waals surface area contributed by atoms with Crippen LogP contribution in [0.1, 0.15) is 52.4 Å². The van der Waals surface area contributed by atoms with Crippen LogP contribution in [0.4, 0.5) is 22.0 Å². The van der Waals surface area contributed by atoms with Crippen LogP contribution in [-0.4, -0.2) is 61.4 Å². The molecule has 0 unspecified atom stereocenters. The highest BCUT2D eigenvalue weighted by Crippen LogP contribution is 2.43. The van der Waals surface area contributed by atoms with Crippen LogP contribution in [0.3, 0.4) is 0 Å². The number of likely N-dealkylation sites (tertiary alicyclic amines) is 1. The molecule has 0 bridgehead atoms. The topological polar surface area (TPSA) is 86.8 Å². The largest absolute Gasteiger partial charge is 0.416 e. The van der Waals surface area contributed by atoms with Crippen LogP contribution >= 0.6 is 0 Å². The molecule has 5 rings (SSSR count).